The summed E-state index contributed by atoms with van der Waals surface area (Å²) in [5, 5.41) is 8.07. The third-order valence-corrected chi connectivity index (χ3v) is 7.94. The van der Waals surface area contributed by atoms with Crippen molar-refractivity contribution in [2.45, 2.75) is 11.8 Å². The lowest BCUT2D eigenvalue weighted by Gasteiger charge is -2.14. The molecule has 1 aromatic heterocycles. The molecule has 202 valence electrons. The first kappa shape index (κ1) is 27.0. The standard InChI is InChI=1S/C30H25ClN4O4S/c1-20-12-17-23(18-28(20)40(37,38)34-26-10-6-7-11-27(26)39-2)32-30(36)25-19-35(24-8-4-3-5-9-24)33-29(25)21-13-15-22(31)16-14-21/h3-19,34H,1-2H3,(H,32,36). The van der Waals surface area contributed by atoms with Crippen molar-refractivity contribution >= 4 is 38.9 Å². The quantitative estimate of drug-likeness (QED) is 0.219. The Labute approximate surface area is 237 Å². The van der Waals surface area contributed by atoms with Gasteiger partial charge in [-0.2, -0.15) is 5.10 Å². The van der Waals surface area contributed by atoms with Gasteiger partial charge in [0.1, 0.15) is 11.4 Å². The minimum Gasteiger partial charge on any atom is -0.495 e. The molecule has 0 aliphatic heterocycles. The second kappa shape index (κ2) is 11.3. The second-order valence-electron chi connectivity index (χ2n) is 8.92. The zero-order valence-electron chi connectivity index (χ0n) is 21.6. The molecule has 40 heavy (non-hydrogen) atoms. The normalized spacial score (nSPS) is 11.2. The molecule has 5 aromatic rings. The number of rotatable bonds is 8. The SMILES string of the molecule is COc1ccccc1NS(=O)(=O)c1cc(NC(=O)c2cn(-c3ccccc3)nc2-c2ccc(Cl)cc2)ccc1C. The molecule has 4 aromatic carbocycles. The Bertz CT molecular complexity index is 1790. The zero-order chi connectivity index (χ0) is 28.3. The van der Waals surface area contributed by atoms with E-state index in [2.05, 4.69) is 15.1 Å². The summed E-state index contributed by atoms with van der Waals surface area (Å²) in [6, 6.07) is 27.9. The van der Waals surface area contributed by atoms with Crippen LogP contribution < -0.4 is 14.8 Å². The van der Waals surface area contributed by atoms with E-state index in [9.17, 15) is 13.2 Å². The average Bonchev–Trinajstić information content (AvgIpc) is 3.41. The molecule has 2 N–H and O–H groups in total. The van der Waals surface area contributed by atoms with E-state index >= 15 is 0 Å². The number of aromatic nitrogens is 2. The Balaban J connectivity index is 1.48. The molecule has 0 unspecified atom stereocenters. The number of carbonyl (C=O) groups is 1. The minimum absolute atomic E-state index is 0.0223. The van der Waals surface area contributed by atoms with Gasteiger partial charge in [0, 0.05) is 22.5 Å². The van der Waals surface area contributed by atoms with E-state index in [0.29, 0.717) is 44.5 Å². The molecule has 0 aliphatic carbocycles. The lowest BCUT2D eigenvalue weighted by molar-refractivity contribution is 0.102. The summed E-state index contributed by atoms with van der Waals surface area (Å²) in [5.74, 6) is -0.0598. The van der Waals surface area contributed by atoms with Gasteiger partial charge in [0.25, 0.3) is 15.9 Å². The fourth-order valence-corrected chi connectivity index (χ4v) is 5.64. The number of aryl methyl sites for hydroxylation is 1. The van der Waals surface area contributed by atoms with Crippen molar-refractivity contribution in [1.82, 2.24) is 9.78 Å². The summed E-state index contributed by atoms with van der Waals surface area (Å²) in [6.45, 7) is 1.69. The second-order valence-corrected chi connectivity index (χ2v) is 11.0. The van der Waals surface area contributed by atoms with Gasteiger partial charge in [0.2, 0.25) is 0 Å². The molecule has 0 fully saturated rings. The summed E-state index contributed by atoms with van der Waals surface area (Å²) in [6.07, 6.45) is 1.64. The monoisotopic (exact) mass is 572 g/mol. The van der Waals surface area contributed by atoms with Crippen LogP contribution in [0.2, 0.25) is 5.02 Å². The van der Waals surface area contributed by atoms with Crippen molar-refractivity contribution in [2.24, 2.45) is 0 Å². The van der Waals surface area contributed by atoms with Gasteiger partial charge < -0.3 is 10.1 Å². The van der Waals surface area contributed by atoms with Crippen molar-refractivity contribution in [3.63, 3.8) is 0 Å². The molecule has 8 nitrogen and oxygen atoms in total. The lowest BCUT2D eigenvalue weighted by Crippen LogP contribution is -2.16. The van der Waals surface area contributed by atoms with Crippen molar-refractivity contribution in [1.29, 1.82) is 0 Å². The number of halogens is 1. The molecule has 0 saturated carbocycles. The number of amides is 1. The molecule has 0 spiro atoms. The fraction of sp³-hybridized carbons (Fsp3) is 0.0667. The first-order chi connectivity index (χ1) is 19.2. The van der Waals surface area contributed by atoms with E-state index in [-0.39, 0.29) is 4.90 Å². The maximum atomic E-state index is 13.6. The minimum atomic E-state index is -4.00. The van der Waals surface area contributed by atoms with Crippen molar-refractivity contribution < 1.29 is 17.9 Å². The highest BCUT2D eigenvalue weighted by molar-refractivity contribution is 7.92. The van der Waals surface area contributed by atoms with E-state index in [1.165, 1.54) is 13.2 Å². The maximum Gasteiger partial charge on any atom is 0.262 e. The van der Waals surface area contributed by atoms with Crippen molar-refractivity contribution in [3.05, 3.63) is 119 Å². The van der Waals surface area contributed by atoms with Gasteiger partial charge in [-0.15, -0.1) is 0 Å². The molecule has 1 amide bonds. The Hall–Kier alpha value is -4.60. The summed E-state index contributed by atoms with van der Waals surface area (Å²) < 4.78 is 36.1. The molecule has 0 aliphatic rings. The van der Waals surface area contributed by atoms with E-state index in [0.717, 1.165) is 5.69 Å². The number of hydrogen-bond donors (Lipinski definition) is 2. The Morgan fingerprint density at radius 1 is 0.925 bits per heavy atom. The molecule has 0 saturated heterocycles. The third kappa shape index (κ3) is 5.70. The molecule has 10 heteroatoms. The topological polar surface area (TPSA) is 102 Å². The highest BCUT2D eigenvalue weighted by atomic mass is 35.5. The smallest absolute Gasteiger partial charge is 0.262 e. The molecule has 1 heterocycles. The number of para-hydroxylation sites is 3. The number of nitrogens with zero attached hydrogens (tertiary/aromatic N) is 2. The number of benzene rings is 4. The number of carbonyl (C=O) groups excluding carboxylic acids is 1. The van der Waals surface area contributed by atoms with E-state index < -0.39 is 15.9 Å². The van der Waals surface area contributed by atoms with Crippen LogP contribution in [0.3, 0.4) is 0 Å². The molecule has 0 atom stereocenters. The number of methoxy groups -OCH3 is 1. The van der Waals surface area contributed by atoms with Crippen LogP contribution in [0, 0.1) is 6.92 Å². The number of hydrogen-bond acceptors (Lipinski definition) is 5. The maximum absolute atomic E-state index is 13.6. The first-order valence-corrected chi connectivity index (χ1v) is 14.1. The van der Waals surface area contributed by atoms with Gasteiger partial charge >= 0.3 is 0 Å². The van der Waals surface area contributed by atoms with Crippen LogP contribution in [0.5, 0.6) is 5.75 Å². The predicted molar refractivity (Wildman–Crippen MR) is 157 cm³/mol. The van der Waals surface area contributed by atoms with Crippen LogP contribution in [0.25, 0.3) is 16.9 Å². The van der Waals surface area contributed by atoms with Gasteiger partial charge in [-0.3, -0.25) is 9.52 Å². The van der Waals surface area contributed by atoms with Crippen molar-refractivity contribution in [3.8, 4) is 22.7 Å². The van der Waals surface area contributed by atoms with Crippen LogP contribution in [0.15, 0.2) is 108 Å². The Kier molecular flexibility index (Phi) is 7.59. The highest BCUT2D eigenvalue weighted by Gasteiger charge is 2.22. The number of nitrogens with one attached hydrogen (secondary N) is 2. The number of ether oxygens (including phenoxy) is 1. The van der Waals surface area contributed by atoms with E-state index in [4.69, 9.17) is 16.3 Å². The highest BCUT2D eigenvalue weighted by Crippen LogP contribution is 2.30. The molecule has 0 bridgehead atoms. The van der Waals surface area contributed by atoms with Crippen LogP contribution in [-0.2, 0) is 10.0 Å². The summed E-state index contributed by atoms with van der Waals surface area (Å²) in [4.78, 5) is 13.6. The molecule has 0 radical (unpaired) electrons. The predicted octanol–water partition coefficient (Wildman–Crippen LogP) is 6.56. The third-order valence-electron chi connectivity index (χ3n) is 6.18. The lowest BCUT2D eigenvalue weighted by atomic mass is 10.1. The summed E-state index contributed by atoms with van der Waals surface area (Å²) in [5.41, 5.74) is 3.38. The summed E-state index contributed by atoms with van der Waals surface area (Å²) >= 11 is 6.08. The molecular formula is C30H25ClN4O4S. The number of anilines is 2. The van der Waals surface area contributed by atoms with Gasteiger partial charge in [0.05, 0.1) is 28.9 Å². The van der Waals surface area contributed by atoms with Crippen LogP contribution in [0.1, 0.15) is 15.9 Å². The molecular weight excluding hydrogens is 548 g/mol. The zero-order valence-corrected chi connectivity index (χ0v) is 23.2. The van der Waals surface area contributed by atoms with E-state index in [1.807, 2.05) is 30.3 Å². The first-order valence-electron chi connectivity index (χ1n) is 12.2. The average molecular weight is 573 g/mol. The molecule has 5 rings (SSSR count). The van der Waals surface area contributed by atoms with Gasteiger partial charge in [0.15, 0.2) is 0 Å². The Morgan fingerprint density at radius 3 is 2.35 bits per heavy atom. The van der Waals surface area contributed by atoms with Crippen molar-refractivity contribution in [2.75, 3.05) is 17.1 Å². The fourth-order valence-electron chi connectivity index (χ4n) is 4.17. The Morgan fingerprint density at radius 2 is 1.62 bits per heavy atom. The largest absolute Gasteiger partial charge is 0.495 e. The van der Waals surface area contributed by atoms with Gasteiger partial charge in [-0.25, -0.2) is 13.1 Å². The van der Waals surface area contributed by atoms with Crippen LogP contribution in [0.4, 0.5) is 11.4 Å². The number of sulfonamides is 1. The van der Waals surface area contributed by atoms with E-state index in [1.54, 1.807) is 78.5 Å². The van der Waals surface area contributed by atoms with Crippen LogP contribution in [-0.4, -0.2) is 31.2 Å². The summed E-state index contributed by atoms with van der Waals surface area (Å²) in [7, 11) is -2.53. The van der Waals surface area contributed by atoms with Gasteiger partial charge in [-0.05, 0) is 61.0 Å². The van der Waals surface area contributed by atoms with Crippen LogP contribution >= 0.6 is 11.6 Å². The van der Waals surface area contributed by atoms with Gasteiger partial charge in [-0.1, -0.05) is 60.1 Å².